The standard InChI is InChI=1S/C9H9NS/c1-6-4-7-2-3-8(10)5-9(7)11-6/h2-5H,10H2,1H3. The Hall–Kier alpha value is -1.02. The Labute approximate surface area is 69.5 Å². The summed E-state index contributed by atoms with van der Waals surface area (Å²) in [7, 11) is 0. The molecule has 2 N–H and O–H groups in total. The zero-order valence-electron chi connectivity index (χ0n) is 6.29. The summed E-state index contributed by atoms with van der Waals surface area (Å²) >= 11 is 1.79. The minimum absolute atomic E-state index is 0.847. The summed E-state index contributed by atoms with van der Waals surface area (Å²) in [6, 6.07) is 8.20. The Balaban J connectivity index is 2.82. The van der Waals surface area contributed by atoms with Gasteiger partial charge in [-0.3, -0.25) is 0 Å². The molecule has 1 aromatic carbocycles. The summed E-state index contributed by atoms with van der Waals surface area (Å²) in [6.07, 6.45) is 0. The number of nitrogen functional groups attached to an aromatic ring is 1. The van der Waals surface area contributed by atoms with Crippen LogP contribution in [0.5, 0.6) is 0 Å². The third kappa shape index (κ3) is 1.10. The largest absolute Gasteiger partial charge is 0.399 e. The van der Waals surface area contributed by atoms with E-state index in [9.17, 15) is 0 Å². The fourth-order valence-electron chi connectivity index (χ4n) is 1.18. The van der Waals surface area contributed by atoms with Crippen molar-refractivity contribution in [2.24, 2.45) is 0 Å². The zero-order chi connectivity index (χ0) is 7.84. The minimum Gasteiger partial charge on any atom is -0.399 e. The first kappa shape index (κ1) is 6.68. The van der Waals surface area contributed by atoms with Gasteiger partial charge in [0.15, 0.2) is 0 Å². The van der Waals surface area contributed by atoms with Crippen molar-refractivity contribution in [1.82, 2.24) is 0 Å². The number of thiophene rings is 1. The summed E-state index contributed by atoms with van der Waals surface area (Å²) < 4.78 is 1.28. The van der Waals surface area contributed by atoms with Gasteiger partial charge >= 0.3 is 0 Å². The quantitative estimate of drug-likeness (QED) is 0.594. The van der Waals surface area contributed by atoms with Gasteiger partial charge in [0.05, 0.1) is 0 Å². The van der Waals surface area contributed by atoms with Crippen molar-refractivity contribution in [1.29, 1.82) is 0 Å². The molecular formula is C9H9NS. The molecule has 1 heterocycles. The van der Waals surface area contributed by atoms with E-state index in [1.54, 1.807) is 11.3 Å². The summed E-state index contributed by atoms with van der Waals surface area (Å²) in [5.41, 5.74) is 6.49. The van der Waals surface area contributed by atoms with Crippen molar-refractivity contribution in [3.05, 3.63) is 29.1 Å². The summed E-state index contributed by atoms with van der Waals surface area (Å²) in [4.78, 5) is 1.34. The molecule has 0 unspecified atom stereocenters. The molecule has 0 fully saturated rings. The van der Waals surface area contributed by atoms with E-state index in [4.69, 9.17) is 5.73 Å². The molecule has 1 aromatic heterocycles. The van der Waals surface area contributed by atoms with E-state index in [1.165, 1.54) is 15.0 Å². The van der Waals surface area contributed by atoms with Crippen molar-refractivity contribution in [3.63, 3.8) is 0 Å². The number of hydrogen-bond acceptors (Lipinski definition) is 2. The van der Waals surface area contributed by atoms with Crippen LogP contribution in [0.4, 0.5) is 5.69 Å². The number of aryl methyl sites for hydroxylation is 1. The maximum atomic E-state index is 5.64. The van der Waals surface area contributed by atoms with Crippen molar-refractivity contribution in [2.45, 2.75) is 6.92 Å². The second-order valence-corrected chi connectivity index (χ2v) is 3.94. The number of benzene rings is 1. The van der Waals surface area contributed by atoms with Crippen molar-refractivity contribution >= 4 is 27.1 Å². The highest BCUT2D eigenvalue weighted by Gasteiger charge is 1.96. The highest BCUT2D eigenvalue weighted by molar-refractivity contribution is 7.19. The number of anilines is 1. The molecule has 11 heavy (non-hydrogen) atoms. The number of fused-ring (bicyclic) bond motifs is 1. The molecule has 2 heteroatoms. The summed E-state index contributed by atoms with van der Waals surface area (Å²) in [6.45, 7) is 2.11. The monoisotopic (exact) mass is 163 g/mol. The Bertz CT molecular complexity index is 389. The lowest BCUT2D eigenvalue weighted by molar-refractivity contribution is 1.65. The van der Waals surface area contributed by atoms with Crippen LogP contribution in [-0.4, -0.2) is 0 Å². The van der Waals surface area contributed by atoms with Crippen LogP contribution in [-0.2, 0) is 0 Å². The van der Waals surface area contributed by atoms with Crippen LogP contribution in [0.15, 0.2) is 24.3 Å². The molecule has 0 saturated heterocycles. The molecule has 0 bridgehead atoms. The molecule has 56 valence electrons. The molecular weight excluding hydrogens is 154 g/mol. The molecule has 0 atom stereocenters. The van der Waals surface area contributed by atoms with E-state index in [1.807, 2.05) is 12.1 Å². The SMILES string of the molecule is Cc1cc2ccc(N)cc2s1. The van der Waals surface area contributed by atoms with Crippen LogP contribution in [0, 0.1) is 6.92 Å². The fraction of sp³-hybridized carbons (Fsp3) is 0.111. The number of rotatable bonds is 0. The second kappa shape index (κ2) is 2.24. The first-order valence-corrected chi connectivity index (χ1v) is 4.33. The van der Waals surface area contributed by atoms with Gasteiger partial charge in [-0.2, -0.15) is 0 Å². The maximum Gasteiger partial charge on any atom is 0.0366 e. The van der Waals surface area contributed by atoms with Gasteiger partial charge in [-0.05, 0) is 30.5 Å². The van der Waals surface area contributed by atoms with E-state index >= 15 is 0 Å². The highest BCUT2D eigenvalue weighted by atomic mass is 32.1. The average Bonchev–Trinajstić information content (AvgIpc) is 2.27. The van der Waals surface area contributed by atoms with Crippen molar-refractivity contribution in [2.75, 3.05) is 5.73 Å². The predicted octanol–water partition coefficient (Wildman–Crippen LogP) is 2.79. The Morgan fingerprint density at radius 1 is 1.27 bits per heavy atom. The normalized spacial score (nSPS) is 10.6. The van der Waals surface area contributed by atoms with E-state index in [0.717, 1.165) is 5.69 Å². The lowest BCUT2D eigenvalue weighted by Crippen LogP contribution is -1.80. The van der Waals surface area contributed by atoms with Crippen LogP contribution < -0.4 is 5.73 Å². The molecule has 0 aliphatic carbocycles. The molecule has 2 aromatic rings. The molecule has 0 spiro atoms. The van der Waals surface area contributed by atoms with Crippen LogP contribution in [0.25, 0.3) is 10.1 Å². The van der Waals surface area contributed by atoms with Crippen LogP contribution >= 0.6 is 11.3 Å². The Kier molecular flexibility index (Phi) is 1.36. The number of hydrogen-bond donors (Lipinski definition) is 1. The topological polar surface area (TPSA) is 26.0 Å². The lowest BCUT2D eigenvalue weighted by atomic mass is 10.2. The van der Waals surface area contributed by atoms with Gasteiger partial charge in [-0.15, -0.1) is 11.3 Å². The third-order valence-corrected chi connectivity index (χ3v) is 2.68. The van der Waals surface area contributed by atoms with Gasteiger partial charge in [0, 0.05) is 15.3 Å². The first-order chi connectivity index (χ1) is 5.25. The Morgan fingerprint density at radius 3 is 2.91 bits per heavy atom. The second-order valence-electron chi connectivity index (χ2n) is 2.65. The molecule has 0 saturated carbocycles. The van der Waals surface area contributed by atoms with E-state index < -0.39 is 0 Å². The van der Waals surface area contributed by atoms with Gasteiger partial charge in [0.25, 0.3) is 0 Å². The highest BCUT2D eigenvalue weighted by Crippen LogP contribution is 2.26. The maximum absolute atomic E-state index is 5.64. The third-order valence-electron chi connectivity index (χ3n) is 1.67. The van der Waals surface area contributed by atoms with E-state index in [-0.39, 0.29) is 0 Å². The molecule has 1 nitrogen and oxygen atoms in total. The summed E-state index contributed by atoms with van der Waals surface area (Å²) in [5, 5.41) is 1.29. The van der Waals surface area contributed by atoms with Gasteiger partial charge in [0.2, 0.25) is 0 Å². The Morgan fingerprint density at radius 2 is 2.09 bits per heavy atom. The van der Waals surface area contributed by atoms with Crippen LogP contribution in [0.2, 0.25) is 0 Å². The van der Waals surface area contributed by atoms with Gasteiger partial charge in [-0.1, -0.05) is 6.07 Å². The molecule has 0 radical (unpaired) electrons. The molecule has 0 amide bonds. The first-order valence-electron chi connectivity index (χ1n) is 3.51. The van der Waals surface area contributed by atoms with Crippen molar-refractivity contribution < 1.29 is 0 Å². The van der Waals surface area contributed by atoms with E-state index in [2.05, 4.69) is 19.1 Å². The zero-order valence-corrected chi connectivity index (χ0v) is 7.11. The van der Waals surface area contributed by atoms with Gasteiger partial charge in [-0.25, -0.2) is 0 Å². The molecule has 2 rings (SSSR count). The van der Waals surface area contributed by atoms with Gasteiger partial charge < -0.3 is 5.73 Å². The van der Waals surface area contributed by atoms with Gasteiger partial charge in [0.1, 0.15) is 0 Å². The average molecular weight is 163 g/mol. The lowest BCUT2D eigenvalue weighted by Gasteiger charge is -1.90. The molecule has 0 aliphatic heterocycles. The molecule has 0 aliphatic rings. The summed E-state index contributed by atoms with van der Waals surface area (Å²) in [5.74, 6) is 0. The minimum atomic E-state index is 0.847. The number of nitrogens with two attached hydrogens (primary N) is 1. The smallest absolute Gasteiger partial charge is 0.0366 e. The van der Waals surface area contributed by atoms with Crippen LogP contribution in [0.3, 0.4) is 0 Å². The van der Waals surface area contributed by atoms with Crippen molar-refractivity contribution in [3.8, 4) is 0 Å². The fourth-order valence-corrected chi connectivity index (χ4v) is 2.15. The van der Waals surface area contributed by atoms with Crippen LogP contribution in [0.1, 0.15) is 4.88 Å². The predicted molar refractivity (Wildman–Crippen MR) is 51.0 cm³/mol. The van der Waals surface area contributed by atoms with E-state index in [0.29, 0.717) is 0 Å².